The molecule has 1 unspecified atom stereocenters. The molecule has 0 fully saturated rings. The van der Waals surface area contributed by atoms with Gasteiger partial charge < -0.3 is 5.73 Å². The molecule has 2 aromatic rings. The van der Waals surface area contributed by atoms with E-state index in [4.69, 9.17) is 5.73 Å². The summed E-state index contributed by atoms with van der Waals surface area (Å²) in [7, 11) is 0. The highest BCUT2D eigenvalue weighted by Gasteiger charge is 2.12. The lowest BCUT2D eigenvalue weighted by molar-refractivity contribution is 0.795. The topological polar surface area (TPSA) is 64.7 Å². The summed E-state index contributed by atoms with van der Waals surface area (Å²) in [5, 5.41) is 0. The molecule has 0 radical (unpaired) electrons. The number of pyridine rings is 1. The zero-order chi connectivity index (χ0) is 11.5. The average Bonchev–Trinajstić information content (AvgIpc) is 2.29. The fraction of sp³-hybridized carbons (Fsp3) is 0.250. The zero-order valence-corrected chi connectivity index (χ0v) is 9.38. The molecule has 82 valence electrons. The van der Waals surface area contributed by atoms with E-state index in [1.54, 1.807) is 18.6 Å². The smallest absolute Gasteiger partial charge is 0.125 e. The average molecular weight is 214 g/mol. The lowest BCUT2D eigenvalue weighted by Gasteiger charge is -2.13. The van der Waals surface area contributed by atoms with Gasteiger partial charge in [-0.05, 0) is 37.1 Å². The summed E-state index contributed by atoms with van der Waals surface area (Å²) in [5.41, 5.74) is 9.10. The highest BCUT2D eigenvalue weighted by Crippen LogP contribution is 2.19. The second-order valence-electron chi connectivity index (χ2n) is 3.74. The Balaban J connectivity index is 2.39. The Kier molecular flexibility index (Phi) is 2.92. The monoisotopic (exact) mass is 214 g/mol. The van der Waals surface area contributed by atoms with Crippen LogP contribution in [-0.4, -0.2) is 15.0 Å². The molecule has 0 bridgehead atoms. The SMILES string of the molecule is Cc1nccc(C(N)c2cnccc2C)n1. The minimum absolute atomic E-state index is 0.240. The molecule has 0 amide bonds. The summed E-state index contributed by atoms with van der Waals surface area (Å²) in [5.74, 6) is 0.731. The molecule has 2 N–H and O–H groups in total. The number of hydrogen-bond donors (Lipinski definition) is 1. The molecule has 4 nitrogen and oxygen atoms in total. The van der Waals surface area contributed by atoms with Crippen LogP contribution in [0.4, 0.5) is 0 Å². The lowest BCUT2D eigenvalue weighted by Crippen LogP contribution is -2.15. The van der Waals surface area contributed by atoms with Crippen molar-refractivity contribution in [3.8, 4) is 0 Å². The van der Waals surface area contributed by atoms with E-state index in [1.165, 1.54) is 0 Å². The molecule has 16 heavy (non-hydrogen) atoms. The van der Waals surface area contributed by atoms with Gasteiger partial charge in [-0.25, -0.2) is 9.97 Å². The first-order valence-corrected chi connectivity index (χ1v) is 5.14. The van der Waals surface area contributed by atoms with E-state index >= 15 is 0 Å². The number of hydrogen-bond acceptors (Lipinski definition) is 4. The van der Waals surface area contributed by atoms with E-state index < -0.39 is 0 Å². The van der Waals surface area contributed by atoms with Crippen molar-refractivity contribution in [3.05, 3.63) is 53.4 Å². The molecule has 0 spiro atoms. The predicted molar refractivity (Wildman–Crippen MR) is 61.8 cm³/mol. The van der Waals surface area contributed by atoms with Crippen molar-refractivity contribution >= 4 is 0 Å². The maximum absolute atomic E-state index is 6.16. The van der Waals surface area contributed by atoms with Crippen LogP contribution < -0.4 is 5.73 Å². The fourth-order valence-corrected chi connectivity index (χ4v) is 1.61. The Morgan fingerprint density at radius 3 is 2.69 bits per heavy atom. The molecule has 2 rings (SSSR count). The van der Waals surface area contributed by atoms with Gasteiger partial charge in [0.2, 0.25) is 0 Å². The highest BCUT2D eigenvalue weighted by atomic mass is 14.9. The molecule has 0 aromatic carbocycles. The van der Waals surface area contributed by atoms with E-state index in [1.807, 2.05) is 26.0 Å². The second-order valence-corrected chi connectivity index (χ2v) is 3.74. The van der Waals surface area contributed by atoms with Crippen LogP contribution in [0.5, 0.6) is 0 Å². The summed E-state index contributed by atoms with van der Waals surface area (Å²) in [6.07, 6.45) is 5.28. The summed E-state index contributed by atoms with van der Waals surface area (Å²) in [4.78, 5) is 12.5. The third-order valence-corrected chi connectivity index (χ3v) is 2.53. The van der Waals surface area contributed by atoms with Gasteiger partial charge in [-0.1, -0.05) is 0 Å². The summed E-state index contributed by atoms with van der Waals surface area (Å²) >= 11 is 0. The van der Waals surface area contributed by atoms with Crippen molar-refractivity contribution in [2.24, 2.45) is 5.73 Å². The Morgan fingerprint density at radius 2 is 2.00 bits per heavy atom. The fourth-order valence-electron chi connectivity index (χ4n) is 1.61. The number of rotatable bonds is 2. The second kappa shape index (κ2) is 4.37. The van der Waals surface area contributed by atoms with Crippen molar-refractivity contribution in [3.63, 3.8) is 0 Å². The Bertz CT molecular complexity index is 496. The lowest BCUT2D eigenvalue weighted by atomic mass is 10.0. The molecule has 0 saturated carbocycles. The molecular weight excluding hydrogens is 200 g/mol. The van der Waals surface area contributed by atoms with Crippen LogP contribution in [0.1, 0.15) is 28.7 Å². The van der Waals surface area contributed by atoms with Gasteiger partial charge in [-0.15, -0.1) is 0 Å². The summed E-state index contributed by atoms with van der Waals surface area (Å²) in [6, 6.07) is 3.54. The highest BCUT2D eigenvalue weighted by molar-refractivity contribution is 5.30. The number of aryl methyl sites for hydroxylation is 2. The first-order chi connectivity index (χ1) is 7.68. The van der Waals surface area contributed by atoms with E-state index in [0.717, 1.165) is 22.6 Å². The predicted octanol–water partition coefficient (Wildman–Crippen LogP) is 1.54. The van der Waals surface area contributed by atoms with Crippen LogP contribution in [0.15, 0.2) is 30.7 Å². The Morgan fingerprint density at radius 1 is 1.19 bits per heavy atom. The van der Waals surface area contributed by atoms with E-state index in [-0.39, 0.29) is 6.04 Å². The summed E-state index contributed by atoms with van der Waals surface area (Å²) in [6.45, 7) is 3.87. The van der Waals surface area contributed by atoms with Crippen LogP contribution in [0.3, 0.4) is 0 Å². The quantitative estimate of drug-likeness (QED) is 0.823. The van der Waals surface area contributed by atoms with Crippen LogP contribution in [0.2, 0.25) is 0 Å². The van der Waals surface area contributed by atoms with E-state index in [9.17, 15) is 0 Å². The van der Waals surface area contributed by atoms with Crippen molar-refractivity contribution in [2.45, 2.75) is 19.9 Å². The molecule has 0 aliphatic heterocycles. The third-order valence-electron chi connectivity index (χ3n) is 2.53. The van der Waals surface area contributed by atoms with Gasteiger partial charge in [0, 0.05) is 18.6 Å². The third kappa shape index (κ3) is 2.06. The zero-order valence-electron chi connectivity index (χ0n) is 9.38. The molecular formula is C12H14N4. The largest absolute Gasteiger partial charge is 0.319 e. The van der Waals surface area contributed by atoms with Crippen molar-refractivity contribution in [1.29, 1.82) is 0 Å². The van der Waals surface area contributed by atoms with Crippen molar-refractivity contribution in [1.82, 2.24) is 15.0 Å². The number of aromatic nitrogens is 3. The molecule has 0 aliphatic carbocycles. The number of nitrogens with two attached hydrogens (primary N) is 1. The molecule has 4 heteroatoms. The maximum atomic E-state index is 6.16. The van der Waals surface area contributed by atoms with Gasteiger partial charge >= 0.3 is 0 Å². The van der Waals surface area contributed by atoms with Gasteiger partial charge in [0.1, 0.15) is 5.82 Å². The standard InChI is InChI=1S/C12H14N4/c1-8-3-5-14-7-10(8)12(13)11-4-6-15-9(2)16-11/h3-7,12H,13H2,1-2H3. The van der Waals surface area contributed by atoms with Crippen molar-refractivity contribution in [2.75, 3.05) is 0 Å². The Hall–Kier alpha value is -1.81. The van der Waals surface area contributed by atoms with Gasteiger partial charge in [0.25, 0.3) is 0 Å². The molecule has 0 aliphatic rings. The molecule has 1 atom stereocenters. The van der Waals surface area contributed by atoms with Gasteiger partial charge in [0.05, 0.1) is 11.7 Å². The maximum Gasteiger partial charge on any atom is 0.125 e. The van der Waals surface area contributed by atoms with Crippen molar-refractivity contribution < 1.29 is 0 Å². The summed E-state index contributed by atoms with van der Waals surface area (Å²) < 4.78 is 0. The normalized spacial score (nSPS) is 12.4. The van der Waals surface area contributed by atoms with Crippen LogP contribution >= 0.6 is 0 Å². The van der Waals surface area contributed by atoms with Crippen LogP contribution in [0.25, 0.3) is 0 Å². The minimum Gasteiger partial charge on any atom is -0.319 e. The number of nitrogens with zero attached hydrogens (tertiary/aromatic N) is 3. The van der Waals surface area contributed by atoms with Gasteiger partial charge in [0.15, 0.2) is 0 Å². The van der Waals surface area contributed by atoms with Gasteiger partial charge in [-0.3, -0.25) is 4.98 Å². The molecule has 2 aromatic heterocycles. The van der Waals surface area contributed by atoms with Gasteiger partial charge in [-0.2, -0.15) is 0 Å². The first kappa shape index (κ1) is 10.7. The van der Waals surface area contributed by atoms with E-state index in [0.29, 0.717) is 0 Å². The van der Waals surface area contributed by atoms with Crippen LogP contribution in [-0.2, 0) is 0 Å². The first-order valence-electron chi connectivity index (χ1n) is 5.14. The molecule has 2 heterocycles. The van der Waals surface area contributed by atoms with Crippen LogP contribution in [0, 0.1) is 13.8 Å². The van der Waals surface area contributed by atoms with E-state index in [2.05, 4.69) is 15.0 Å². The molecule has 0 saturated heterocycles. The minimum atomic E-state index is -0.240. The Labute approximate surface area is 94.6 Å².